The first-order valence-electron chi connectivity index (χ1n) is 15.1. The highest BCUT2D eigenvalue weighted by atomic mass is 35.5. The Bertz CT molecular complexity index is 1600. The number of amides is 1. The number of pyridine rings is 1. The van der Waals surface area contributed by atoms with Crippen LogP contribution in [0.4, 0.5) is 0 Å². The Balaban J connectivity index is 1.39. The average molecular weight is 599 g/mol. The molecule has 1 saturated carbocycles. The molecule has 2 N–H and O–H groups in total. The standard InChI is InChI=1S/C36H39ClN2O4/c1-36(2,3)26-13-16-28(17-14-26)43-29-15-12-25-21-33(38-32(30(25)22-29)20-23-7-4-5-8-23)34(40)39-31(35(41)42)18-11-24-9-6-10-27(37)19-24/h6,9-10,12-17,19,21-23,31H,4-5,7-8,11,18,20H2,1-3H3,(H,39,40)(H,41,42). The zero-order valence-corrected chi connectivity index (χ0v) is 25.8. The molecule has 5 rings (SSSR count). The van der Waals surface area contributed by atoms with Gasteiger partial charge in [0.25, 0.3) is 5.91 Å². The zero-order valence-electron chi connectivity index (χ0n) is 25.0. The van der Waals surface area contributed by atoms with Gasteiger partial charge >= 0.3 is 5.97 Å². The van der Waals surface area contributed by atoms with Crippen LogP contribution in [0.2, 0.25) is 5.02 Å². The summed E-state index contributed by atoms with van der Waals surface area (Å²) in [5.74, 6) is 0.390. The summed E-state index contributed by atoms with van der Waals surface area (Å²) in [6, 6.07) is 22.0. The number of aliphatic carboxylic acids is 1. The number of hydrogen-bond donors (Lipinski definition) is 2. The number of carbonyl (C=O) groups excluding carboxylic acids is 1. The number of aromatic nitrogens is 1. The third kappa shape index (κ3) is 7.94. The molecule has 43 heavy (non-hydrogen) atoms. The summed E-state index contributed by atoms with van der Waals surface area (Å²) in [5, 5.41) is 15.0. The first-order chi connectivity index (χ1) is 20.5. The second-order valence-corrected chi connectivity index (χ2v) is 13.0. The van der Waals surface area contributed by atoms with Gasteiger partial charge in [0.2, 0.25) is 0 Å². The number of nitrogens with one attached hydrogen (secondary N) is 1. The van der Waals surface area contributed by atoms with Crippen LogP contribution in [0.25, 0.3) is 10.8 Å². The van der Waals surface area contributed by atoms with Crippen LogP contribution in [0.15, 0.2) is 72.8 Å². The Hall–Kier alpha value is -3.90. The van der Waals surface area contributed by atoms with Crippen molar-refractivity contribution in [3.05, 3.63) is 100 Å². The van der Waals surface area contributed by atoms with Gasteiger partial charge in [0.05, 0.1) is 0 Å². The minimum Gasteiger partial charge on any atom is -0.480 e. The van der Waals surface area contributed by atoms with Crippen LogP contribution in [0, 0.1) is 5.92 Å². The predicted molar refractivity (Wildman–Crippen MR) is 171 cm³/mol. The van der Waals surface area contributed by atoms with Crippen molar-refractivity contribution in [1.82, 2.24) is 10.3 Å². The summed E-state index contributed by atoms with van der Waals surface area (Å²) in [4.78, 5) is 30.2. The van der Waals surface area contributed by atoms with Crippen LogP contribution in [-0.2, 0) is 23.1 Å². The summed E-state index contributed by atoms with van der Waals surface area (Å²) < 4.78 is 6.23. The number of carboxylic acid groups (broad SMARTS) is 1. The summed E-state index contributed by atoms with van der Waals surface area (Å²) >= 11 is 6.08. The number of carbonyl (C=O) groups is 2. The van der Waals surface area contributed by atoms with E-state index in [0.29, 0.717) is 23.1 Å². The maximum absolute atomic E-state index is 13.4. The summed E-state index contributed by atoms with van der Waals surface area (Å²) in [6.45, 7) is 6.55. The molecule has 4 aromatic rings. The topological polar surface area (TPSA) is 88.5 Å². The third-order valence-electron chi connectivity index (χ3n) is 8.24. The Kier molecular flexibility index (Phi) is 9.36. The molecule has 1 amide bonds. The van der Waals surface area contributed by atoms with Crippen molar-refractivity contribution in [2.45, 2.75) is 77.2 Å². The fourth-order valence-corrected chi connectivity index (χ4v) is 5.98. The Morgan fingerprint density at radius 2 is 1.72 bits per heavy atom. The van der Waals surface area contributed by atoms with Crippen LogP contribution < -0.4 is 10.1 Å². The lowest BCUT2D eigenvalue weighted by Crippen LogP contribution is -2.41. The summed E-state index contributed by atoms with van der Waals surface area (Å²) in [5.41, 5.74) is 3.28. The van der Waals surface area contributed by atoms with Crippen LogP contribution in [0.3, 0.4) is 0 Å². The molecule has 224 valence electrons. The van der Waals surface area contributed by atoms with E-state index in [9.17, 15) is 14.7 Å². The second kappa shape index (κ2) is 13.2. The van der Waals surface area contributed by atoms with E-state index < -0.39 is 17.9 Å². The first kappa shape index (κ1) is 30.6. The van der Waals surface area contributed by atoms with Gasteiger partial charge in [0.15, 0.2) is 0 Å². The molecule has 0 aliphatic heterocycles. The normalized spacial score (nSPS) is 14.5. The van der Waals surface area contributed by atoms with Gasteiger partial charge in [-0.1, -0.05) is 88.4 Å². The molecule has 1 heterocycles. The molecule has 1 atom stereocenters. The Labute approximate surface area is 258 Å². The van der Waals surface area contributed by atoms with Crippen LogP contribution in [-0.4, -0.2) is 28.0 Å². The number of aryl methyl sites for hydroxylation is 1. The number of nitrogens with zero attached hydrogens (tertiary/aromatic N) is 1. The molecule has 0 radical (unpaired) electrons. The Morgan fingerprint density at radius 3 is 2.40 bits per heavy atom. The quantitative estimate of drug-likeness (QED) is 0.191. The smallest absolute Gasteiger partial charge is 0.326 e. The van der Waals surface area contributed by atoms with Crippen LogP contribution >= 0.6 is 11.6 Å². The average Bonchev–Trinajstić information content (AvgIpc) is 3.48. The van der Waals surface area contributed by atoms with Gasteiger partial charge in [-0.15, -0.1) is 0 Å². The van der Waals surface area contributed by atoms with Crippen LogP contribution in [0.5, 0.6) is 11.5 Å². The van der Waals surface area contributed by atoms with Crippen molar-refractivity contribution >= 4 is 34.2 Å². The zero-order chi connectivity index (χ0) is 30.6. The number of rotatable bonds is 10. The van der Waals surface area contributed by atoms with Gasteiger partial charge < -0.3 is 15.2 Å². The molecule has 0 spiro atoms. The van der Waals surface area contributed by atoms with Gasteiger partial charge in [-0.25, -0.2) is 9.78 Å². The lowest BCUT2D eigenvalue weighted by molar-refractivity contribution is -0.139. The molecular formula is C36H39ClN2O4. The van der Waals surface area contributed by atoms with Crippen molar-refractivity contribution in [3.8, 4) is 11.5 Å². The van der Waals surface area contributed by atoms with Gasteiger partial charge in [0.1, 0.15) is 23.2 Å². The Morgan fingerprint density at radius 1 is 1.00 bits per heavy atom. The predicted octanol–water partition coefficient (Wildman–Crippen LogP) is 8.53. The molecular weight excluding hydrogens is 560 g/mol. The third-order valence-corrected chi connectivity index (χ3v) is 8.48. The lowest BCUT2D eigenvalue weighted by atomic mass is 9.87. The van der Waals surface area contributed by atoms with Crippen molar-refractivity contribution < 1.29 is 19.4 Å². The van der Waals surface area contributed by atoms with E-state index in [0.717, 1.165) is 47.0 Å². The fraction of sp³-hybridized carbons (Fsp3) is 0.361. The van der Waals surface area contributed by atoms with E-state index >= 15 is 0 Å². The molecule has 0 saturated heterocycles. The summed E-state index contributed by atoms with van der Waals surface area (Å²) in [6.07, 6.45) is 6.15. The summed E-state index contributed by atoms with van der Waals surface area (Å²) in [7, 11) is 0. The highest BCUT2D eigenvalue weighted by Crippen LogP contribution is 2.33. The van der Waals surface area contributed by atoms with Gasteiger partial charge in [-0.2, -0.15) is 0 Å². The van der Waals surface area contributed by atoms with Gasteiger partial charge in [0, 0.05) is 16.1 Å². The molecule has 1 aliphatic carbocycles. The van der Waals surface area contributed by atoms with Crippen molar-refractivity contribution in [2.75, 3.05) is 0 Å². The minimum atomic E-state index is -1.08. The lowest BCUT2D eigenvalue weighted by Gasteiger charge is -2.19. The maximum Gasteiger partial charge on any atom is 0.326 e. The number of fused-ring (bicyclic) bond motifs is 1. The molecule has 1 aromatic heterocycles. The van der Waals surface area contributed by atoms with Gasteiger partial charge in [-0.05, 0) is 89.6 Å². The van der Waals surface area contributed by atoms with Crippen LogP contribution in [0.1, 0.15) is 80.2 Å². The van der Waals surface area contributed by atoms with E-state index in [-0.39, 0.29) is 17.5 Å². The molecule has 1 aliphatic rings. The van der Waals surface area contributed by atoms with E-state index in [4.69, 9.17) is 21.3 Å². The molecule has 7 heteroatoms. The van der Waals surface area contributed by atoms with Crippen molar-refractivity contribution in [2.24, 2.45) is 5.92 Å². The molecule has 0 bridgehead atoms. The number of carboxylic acids is 1. The van der Waals surface area contributed by atoms with Crippen molar-refractivity contribution in [1.29, 1.82) is 0 Å². The molecule has 3 aromatic carbocycles. The van der Waals surface area contributed by atoms with E-state index in [1.807, 2.05) is 42.5 Å². The SMILES string of the molecule is CC(C)(C)c1ccc(Oc2ccc3cc(C(=O)NC(CCc4cccc(Cl)c4)C(=O)O)nc(CC4CCCC4)c3c2)cc1. The first-order valence-corrected chi connectivity index (χ1v) is 15.4. The molecule has 1 fully saturated rings. The van der Waals surface area contributed by atoms with E-state index in [2.05, 4.69) is 38.2 Å². The number of benzene rings is 3. The highest BCUT2D eigenvalue weighted by molar-refractivity contribution is 6.30. The van der Waals surface area contributed by atoms with E-state index in [1.165, 1.54) is 18.4 Å². The molecule has 1 unspecified atom stereocenters. The maximum atomic E-state index is 13.4. The highest BCUT2D eigenvalue weighted by Gasteiger charge is 2.24. The number of ether oxygens (including phenoxy) is 1. The second-order valence-electron chi connectivity index (χ2n) is 12.6. The number of halogens is 1. The number of hydrogen-bond acceptors (Lipinski definition) is 4. The largest absolute Gasteiger partial charge is 0.480 e. The fourth-order valence-electron chi connectivity index (χ4n) is 5.77. The monoisotopic (exact) mass is 598 g/mol. The van der Waals surface area contributed by atoms with E-state index in [1.54, 1.807) is 18.2 Å². The van der Waals surface area contributed by atoms with Gasteiger partial charge in [-0.3, -0.25) is 4.79 Å². The minimum absolute atomic E-state index is 0.0625. The molecule has 6 nitrogen and oxygen atoms in total. The van der Waals surface area contributed by atoms with Crippen molar-refractivity contribution in [3.63, 3.8) is 0 Å².